The first kappa shape index (κ1) is 17.4. The summed E-state index contributed by atoms with van der Waals surface area (Å²) in [6, 6.07) is 16.9. The molecular formula is C23H23N3O. The van der Waals surface area contributed by atoms with Crippen LogP contribution in [0.4, 0.5) is 0 Å². The van der Waals surface area contributed by atoms with Crippen molar-refractivity contribution in [1.82, 2.24) is 14.9 Å². The first-order valence-electron chi connectivity index (χ1n) is 9.35. The molecule has 27 heavy (non-hydrogen) atoms. The molecule has 1 aliphatic rings. The number of carbonyl (C=O) groups is 1. The summed E-state index contributed by atoms with van der Waals surface area (Å²) in [5.41, 5.74) is 6.13. The van der Waals surface area contributed by atoms with Crippen molar-refractivity contribution in [2.75, 3.05) is 0 Å². The van der Waals surface area contributed by atoms with E-state index in [1.807, 2.05) is 11.8 Å². The second-order valence-electron chi connectivity index (χ2n) is 7.21. The van der Waals surface area contributed by atoms with Gasteiger partial charge in [0, 0.05) is 12.7 Å². The largest absolute Gasteiger partial charge is 0.326 e. The number of aryl methyl sites for hydroxylation is 3. The van der Waals surface area contributed by atoms with Crippen LogP contribution >= 0.6 is 0 Å². The summed E-state index contributed by atoms with van der Waals surface area (Å²) in [6.45, 7) is 4.51. The van der Waals surface area contributed by atoms with E-state index >= 15 is 0 Å². The van der Waals surface area contributed by atoms with Crippen molar-refractivity contribution < 1.29 is 4.79 Å². The van der Waals surface area contributed by atoms with Gasteiger partial charge in [-0.2, -0.15) is 0 Å². The van der Waals surface area contributed by atoms with Crippen LogP contribution in [-0.4, -0.2) is 20.8 Å². The Bertz CT molecular complexity index is 948. The quantitative estimate of drug-likeness (QED) is 0.694. The van der Waals surface area contributed by atoms with Crippen molar-refractivity contribution in [2.24, 2.45) is 0 Å². The summed E-state index contributed by atoms with van der Waals surface area (Å²) in [6.07, 6.45) is 5.18. The summed E-state index contributed by atoms with van der Waals surface area (Å²) in [5, 5.41) is 0. The third-order valence-corrected chi connectivity index (χ3v) is 5.21. The maximum atomic E-state index is 13.3. The number of fused-ring (bicyclic) bond motifs is 1. The fraction of sp³-hybridized carbons (Fsp3) is 0.261. The highest BCUT2D eigenvalue weighted by molar-refractivity contribution is 5.92. The van der Waals surface area contributed by atoms with Crippen molar-refractivity contribution in [2.45, 2.75) is 39.3 Å². The van der Waals surface area contributed by atoms with E-state index in [1.165, 1.54) is 16.7 Å². The lowest BCUT2D eigenvalue weighted by molar-refractivity contribution is 0.0651. The van der Waals surface area contributed by atoms with Gasteiger partial charge in [0.2, 0.25) is 0 Å². The monoisotopic (exact) mass is 357 g/mol. The number of amides is 1. The Kier molecular flexibility index (Phi) is 4.71. The van der Waals surface area contributed by atoms with Crippen LogP contribution in [0.15, 0.2) is 60.9 Å². The molecule has 1 aromatic heterocycles. The van der Waals surface area contributed by atoms with Crippen LogP contribution in [0.5, 0.6) is 0 Å². The lowest BCUT2D eigenvalue weighted by Gasteiger charge is -2.30. The molecule has 0 N–H and O–H groups in total. The summed E-state index contributed by atoms with van der Waals surface area (Å²) in [7, 11) is 0. The first-order valence-corrected chi connectivity index (χ1v) is 9.35. The molecule has 1 atom stereocenters. The van der Waals surface area contributed by atoms with Crippen LogP contribution in [0.25, 0.3) is 0 Å². The van der Waals surface area contributed by atoms with E-state index in [2.05, 4.69) is 65.4 Å². The van der Waals surface area contributed by atoms with Gasteiger partial charge < -0.3 is 4.90 Å². The average Bonchev–Trinajstić information content (AvgIpc) is 3.11. The molecule has 136 valence electrons. The number of rotatable bonds is 4. The van der Waals surface area contributed by atoms with Gasteiger partial charge in [-0.1, -0.05) is 54.1 Å². The standard InChI is InChI=1S/C23H23N3O/c1-16-7-9-18(10-8-16)15-26(23(27)21-14-24-17(2)13-25-21)22-12-11-19-5-3-4-6-20(19)22/h3-10,13-14,22H,11-12,15H2,1-2H3/t22-/m1/s1. The van der Waals surface area contributed by atoms with Gasteiger partial charge in [0.25, 0.3) is 5.91 Å². The molecule has 0 unspecified atom stereocenters. The van der Waals surface area contributed by atoms with Gasteiger partial charge in [-0.15, -0.1) is 0 Å². The SMILES string of the molecule is Cc1ccc(CN(C(=O)c2cnc(C)cn2)[C@@H]2CCc3ccccc32)cc1. The molecule has 1 amide bonds. The fourth-order valence-electron chi connectivity index (χ4n) is 3.72. The van der Waals surface area contributed by atoms with E-state index < -0.39 is 0 Å². The molecular weight excluding hydrogens is 334 g/mol. The summed E-state index contributed by atoms with van der Waals surface area (Å²) >= 11 is 0. The Morgan fingerprint density at radius 1 is 1.04 bits per heavy atom. The van der Waals surface area contributed by atoms with Gasteiger partial charge in [-0.3, -0.25) is 9.78 Å². The van der Waals surface area contributed by atoms with Gasteiger partial charge in [0.05, 0.1) is 17.9 Å². The molecule has 1 heterocycles. The summed E-state index contributed by atoms with van der Waals surface area (Å²) in [5.74, 6) is -0.0650. The topological polar surface area (TPSA) is 46.1 Å². The Labute approximate surface area is 159 Å². The van der Waals surface area contributed by atoms with Gasteiger partial charge >= 0.3 is 0 Å². The first-order chi connectivity index (χ1) is 13.1. The molecule has 2 aromatic carbocycles. The van der Waals surface area contributed by atoms with Crippen molar-refractivity contribution in [3.8, 4) is 0 Å². The highest BCUT2D eigenvalue weighted by Gasteiger charge is 2.32. The third kappa shape index (κ3) is 3.61. The molecule has 0 fully saturated rings. The molecule has 0 spiro atoms. The maximum Gasteiger partial charge on any atom is 0.274 e. The molecule has 0 bridgehead atoms. The van der Waals surface area contributed by atoms with Crippen molar-refractivity contribution in [3.05, 3.63) is 94.6 Å². The van der Waals surface area contributed by atoms with Crippen LogP contribution in [0.3, 0.4) is 0 Å². The van der Waals surface area contributed by atoms with Crippen LogP contribution in [0, 0.1) is 13.8 Å². The minimum Gasteiger partial charge on any atom is -0.326 e. The zero-order valence-electron chi connectivity index (χ0n) is 15.7. The zero-order chi connectivity index (χ0) is 18.8. The Morgan fingerprint density at radius 2 is 1.81 bits per heavy atom. The van der Waals surface area contributed by atoms with Crippen LogP contribution in [0.2, 0.25) is 0 Å². The number of carbonyl (C=O) groups excluding carboxylic acids is 1. The van der Waals surface area contributed by atoms with Gasteiger partial charge in [-0.05, 0) is 43.4 Å². The minimum absolute atomic E-state index is 0.0650. The van der Waals surface area contributed by atoms with Crippen LogP contribution < -0.4 is 0 Å². The highest BCUT2D eigenvalue weighted by Crippen LogP contribution is 2.37. The smallest absolute Gasteiger partial charge is 0.274 e. The number of hydrogen-bond acceptors (Lipinski definition) is 3. The van der Waals surface area contributed by atoms with E-state index in [0.29, 0.717) is 12.2 Å². The second kappa shape index (κ2) is 7.31. The molecule has 4 nitrogen and oxygen atoms in total. The highest BCUT2D eigenvalue weighted by atomic mass is 16.2. The maximum absolute atomic E-state index is 13.3. The molecule has 0 saturated heterocycles. The lowest BCUT2D eigenvalue weighted by atomic mass is 10.0. The van der Waals surface area contributed by atoms with E-state index in [9.17, 15) is 4.79 Å². The van der Waals surface area contributed by atoms with Gasteiger partial charge in [0.15, 0.2) is 0 Å². The molecule has 1 aliphatic carbocycles. The molecule has 4 heteroatoms. The summed E-state index contributed by atoms with van der Waals surface area (Å²) in [4.78, 5) is 23.9. The van der Waals surface area contributed by atoms with Crippen LogP contribution in [-0.2, 0) is 13.0 Å². The minimum atomic E-state index is -0.0650. The Hall–Kier alpha value is -3.01. The lowest BCUT2D eigenvalue weighted by Crippen LogP contribution is -2.34. The van der Waals surface area contributed by atoms with Gasteiger partial charge in [-0.25, -0.2) is 4.98 Å². The van der Waals surface area contributed by atoms with E-state index in [-0.39, 0.29) is 11.9 Å². The van der Waals surface area contributed by atoms with E-state index in [1.54, 1.807) is 12.4 Å². The number of aromatic nitrogens is 2. The zero-order valence-corrected chi connectivity index (χ0v) is 15.7. The normalized spacial score (nSPS) is 15.4. The average molecular weight is 357 g/mol. The molecule has 0 radical (unpaired) electrons. The Balaban J connectivity index is 1.70. The van der Waals surface area contributed by atoms with E-state index in [0.717, 1.165) is 24.1 Å². The fourth-order valence-corrected chi connectivity index (χ4v) is 3.72. The number of nitrogens with zero attached hydrogens (tertiary/aromatic N) is 3. The number of benzene rings is 2. The predicted molar refractivity (Wildman–Crippen MR) is 105 cm³/mol. The molecule has 4 rings (SSSR count). The molecule has 3 aromatic rings. The summed E-state index contributed by atoms with van der Waals surface area (Å²) < 4.78 is 0. The Morgan fingerprint density at radius 3 is 2.56 bits per heavy atom. The van der Waals surface area contributed by atoms with Crippen molar-refractivity contribution in [1.29, 1.82) is 0 Å². The van der Waals surface area contributed by atoms with Crippen LogP contribution in [0.1, 0.15) is 50.9 Å². The number of hydrogen-bond donors (Lipinski definition) is 0. The molecule has 0 saturated carbocycles. The van der Waals surface area contributed by atoms with E-state index in [4.69, 9.17) is 0 Å². The third-order valence-electron chi connectivity index (χ3n) is 5.21. The second-order valence-corrected chi connectivity index (χ2v) is 7.21. The van der Waals surface area contributed by atoms with Crippen molar-refractivity contribution >= 4 is 5.91 Å². The van der Waals surface area contributed by atoms with Gasteiger partial charge in [0.1, 0.15) is 5.69 Å². The predicted octanol–water partition coefficient (Wildman–Crippen LogP) is 4.42. The molecule has 0 aliphatic heterocycles. The van der Waals surface area contributed by atoms with Crippen molar-refractivity contribution in [3.63, 3.8) is 0 Å².